The molecule has 1 fully saturated rings. The van der Waals surface area contributed by atoms with Gasteiger partial charge in [0.1, 0.15) is 5.82 Å². The number of aromatic nitrogens is 3. The van der Waals surface area contributed by atoms with Gasteiger partial charge in [0, 0.05) is 49.2 Å². The largest absolute Gasteiger partial charge is 0.378 e. The summed E-state index contributed by atoms with van der Waals surface area (Å²) in [6.07, 6.45) is 5.29. The third kappa shape index (κ3) is 4.29. The number of rotatable bonds is 5. The number of nitrogens with zero attached hydrogens (tertiary/aromatic N) is 4. The number of hydrogen-bond acceptors (Lipinski definition) is 6. The van der Waals surface area contributed by atoms with Crippen LogP contribution in [0.15, 0.2) is 73.2 Å². The van der Waals surface area contributed by atoms with Crippen molar-refractivity contribution >= 4 is 22.6 Å². The lowest BCUT2D eigenvalue weighted by Crippen LogP contribution is -2.36. The van der Waals surface area contributed by atoms with Crippen LogP contribution >= 0.6 is 0 Å². The summed E-state index contributed by atoms with van der Waals surface area (Å²) in [5.74, 6) is 0.788. The molecule has 7 nitrogen and oxygen atoms in total. The maximum Gasteiger partial charge on any atom is 0.252 e. The van der Waals surface area contributed by atoms with E-state index in [1.54, 1.807) is 12.4 Å². The number of fused-ring (bicyclic) bond motifs is 1. The first kappa shape index (κ1) is 20.1. The second kappa shape index (κ2) is 9.11. The minimum atomic E-state index is -0.147. The van der Waals surface area contributed by atoms with Crippen molar-refractivity contribution in [2.24, 2.45) is 0 Å². The summed E-state index contributed by atoms with van der Waals surface area (Å²) in [6, 6.07) is 17.3. The molecule has 1 aliphatic heterocycles. The van der Waals surface area contributed by atoms with E-state index >= 15 is 0 Å². The average Bonchev–Trinajstić information content (AvgIpc) is 2.88. The van der Waals surface area contributed by atoms with Crippen LogP contribution in [-0.2, 0) is 11.3 Å². The number of carbonyl (C=O) groups is 1. The highest BCUT2D eigenvalue weighted by molar-refractivity contribution is 6.07. The van der Waals surface area contributed by atoms with Crippen LogP contribution in [0, 0.1) is 0 Å². The van der Waals surface area contributed by atoms with Gasteiger partial charge in [0.15, 0.2) is 0 Å². The molecular weight excluding hydrogens is 402 g/mol. The summed E-state index contributed by atoms with van der Waals surface area (Å²) >= 11 is 0. The fraction of sp³-hybridized carbons (Fsp3) is 0.200. The zero-order valence-electron chi connectivity index (χ0n) is 17.6. The minimum absolute atomic E-state index is 0.147. The van der Waals surface area contributed by atoms with Crippen molar-refractivity contribution in [1.82, 2.24) is 20.3 Å². The molecule has 4 heterocycles. The van der Waals surface area contributed by atoms with Crippen molar-refractivity contribution in [3.63, 3.8) is 0 Å². The molecule has 160 valence electrons. The summed E-state index contributed by atoms with van der Waals surface area (Å²) < 4.78 is 5.39. The lowest BCUT2D eigenvalue weighted by molar-refractivity contribution is 0.0952. The summed E-state index contributed by atoms with van der Waals surface area (Å²) in [7, 11) is 0. The smallest absolute Gasteiger partial charge is 0.252 e. The molecule has 5 rings (SSSR count). The van der Waals surface area contributed by atoms with E-state index in [1.165, 1.54) is 0 Å². The number of carbonyl (C=O) groups excluding carboxylic acids is 1. The monoisotopic (exact) mass is 425 g/mol. The van der Waals surface area contributed by atoms with Gasteiger partial charge >= 0.3 is 0 Å². The van der Waals surface area contributed by atoms with Crippen molar-refractivity contribution in [1.29, 1.82) is 0 Å². The summed E-state index contributed by atoms with van der Waals surface area (Å²) in [6.45, 7) is 3.53. The third-order valence-corrected chi connectivity index (χ3v) is 5.52. The fourth-order valence-corrected chi connectivity index (χ4v) is 3.80. The van der Waals surface area contributed by atoms with Gasteiger partial charge in [-0.3, -0.25) is 9.78 Å². The Morgan fingerprint density at radius 2 is 1.91 bits per heavy atom. The maximum absolute atomic E-state index is 13.1. The highest BCUT2D eigenvalue weighted by atomic mass is 16.5. The van der Waals surface area contributed by atoms with Gasteiger partial charge in [-0.1, -0.05) is 24.3 Å². The second-order valence-corrected chi connectivity index (χ2v) is 7.62. The number of anilines is 1. The van der Waals surface area contributed by atoms with Gasteiger partial charge in [-0.05, 0) is 35.9 Å². The summed E-state index contributed by atoms with van der Waals surface area (Å²) in [5.41, 5.74) is 3.90. The Labute approximate surface area is 186 Å². The van der Waals surface area contributed by atoms with E-state index in [4.69, 9.17) is 9.72 Å². The molecule has 32 heavy (non-hydrogen) atoms. The van der Waals surface area contributed by atoms with Gasteiger partial charge in [-0.15, -0.1) is 0 Å². The zero-order valence-corrected chi connectivity index (χ0v) is 17.6. The number of hydrogen-bond donors (Lipinski definition) is 1. The van der Waals surface area contributed by atoms with E-state index in [0.29, 0.717) is 12.1 Å². The van der Waals surface area contributed by atoms with Crippen LogP contribution in [0.25, 0.3) is 22.2 Å². The topological polar surface area (TPSA) is 80.2 Å². The molecule has 1 aromatic carbocycles. The maximum atomic E-state index is 13.1. The average molecular weight is 425 g/mol. The molecule has 1 amide bonds. The van der Waals surface area contributed by atoms with E-state index in [0.717, 1.165) is 59.8 Å². The lowest BCUT2D eigenvalue weighted by atomic mass is 10.0. The van der Waals surface area contributed by atoms with Gasteiger partial charge < -0.3 is 15.0 Å². The Morgan fingerprint density at radius 3 is 2.69 bits per heavy atom. The molecule has 4 aromatic rings. The van der Waals surface area contributed by atoms with Gasteiger partial charge in [0.25, 0.3) is 5.91 Å². The number of pyridine rings is 3. The normalized spacial score (nSPS) is 13.8. The second-order valence-electron chi connectivity index (χ2n) is 7.62. The zero-order chi connectivity index (χ0) is 21.8. The van der Waals surface area contributed by atoms with Crippen molar-refractivity contribution in [3.05, 3.63) is 84.3 Å². The summed E-state index contributed by atoms with van der Waals surface area (Å²) in [5, 5.41) is 3.85. The number of benzene rings is 1. The molecule has 3 aromatic heterocycles. The van der Waals surface area contributed by atoms with Crippen LogP contribution in [-0.4, -0.2) is 47.2 Å². The van der Waals surface area contributed by atoms with Crippen molar-refractivity contribution in [3.8, 4) is 11.3 Å². The molecule has 0 aliphatic carbocycles. The molecule has 7 heteroatoms. The third-order valence-electron chi connectivity index (χ3n) is 5.52. The van der Waals surface area contributed by atoms with Crippen LogP contribution < -0.4 is 10.2 Å². The van der Waals surface area contributed by atoms with E-state index in [-0.39, 0.29) is 5.91 Å². The van der Waals surface area contributed by atoms with Crippen LogP contribution in [0.5, 0.6) is 0 Å². The van der Waals surface area contributed by atoms with Gasteiger partial charge in [-0.2, -0.15) is 0 Å². The van der Waals surface area contributed by atoms with Gasteiger partial charge in [0.2, 0.25) is 0 Å². The van der Waals surface area contributed by atoms with E-state index < -0.39 is 0 Å². The van der Waals surface area contributed by atoms with Crippen molar-refractivity contribution in [2.45, 2.75) is 6.54 Å². The first-order valence-corrected chi connectivity index (χ1v) is 10.6. The Hall–Kier alpha value is -3.84. The number of nitrogens with one attached hydrogen (secondary N) is 1. The number of amides is 1. The van der Waals surface area contributed by atoms with Crippen molar-refractivity contribution in [2.75, 3.05) is 31.2 Å². The Balaban J connectivity index is 1.35. The Bertz CT molecular complexity index is 1220. The summed E-state index contributed by atoms with van der Waals surface area (Å²) in [4.78, 5) is 28.8. The number of morpholine rings is 1. The van der Waals surface area contributed by atoms with Crippen LogP contribution in [0.1, 0.15) is 15.9 Å². The van der Waals surface area contributed by atoms with Gasteiger partial charge in [0.05, 0.1) is 30.0 Å². The van der Waals surface area contributed by atoms with E-state index in [2.05, 4.69) is 20.2 Å². The molecule has 1 aliphatic rings. The lowest BCUT2D eigenvalue weighted by Gasteiger charge is -2.27. The standard InChI is InChI=1S/C25H23N5O2/c31-25(28-16-18-7-8-24(27-15-18)30-10-12-32-13-11-30)21-14-23(19-4-3-9-26-17-19)29-22-6-2-1-5-20(21)22/h1-9,14-15,17H,10-13,16H2,(H,28,31). The first-order valence-electron chi connectivity index (χ1n) is 10.6. The minimum Gasteiger partial charge on any atom is -0.378 e. The molecular formula is C25H23N5O2. The Morgan fingerprint density at radius 1 is 1.03 bits per heavy atom. The first-order chi connectivity index (χ1) is 15.8. The molecule has 0 bridgehead atoms. The van der Waals surface area contributed by atoms with Crippen LogP contribution in [0.3, 0.4) is 0 Å². The molecule has 0 atom stereocenters. The van der Waals surface area contributed by atoms with Crippen LogP contribution in [0.4, 0.5) is 5.82 Å². The van der Waals surface area contributed by atoms with Crippen molar-refractivity contribution < 1.29 is 9.53 Å². The quantitative estimate of drug-likeness (QED) is 0.528. The van der Waals surface area contributed by atoms with Gasteiger partial charge in [-0.25, -0.2) is 9.97 Å². The molecule has 0 spiro atoms. The highest BCUT2D eigenvalue weighted by Gasteiger charge is 2.15. The number of ether oxygens (including phenoxy) is 1. The van der Waals surface area contributed by atoms with Crippen LogP contribution in [0.2, 0.25) is 0 Å². The predicted molar refractivity (Wildman–Crippen MR) is 123 cm³/mol. The SMILES string of the molecule is O=C(NCc1ccc(N2CCOCC2)nc1)c1cc(-c2cccnc2)nc2ccccc12. The predicted octanol–water partition coefficient (Wildman–Crippen LogP) is 3.46. The fourth-order valence-electron chi connectivity index (χ4n) is 3.80. The van der Waals surface area contributed by atoms with E-state index in [1.807, 2.05) is 60.8 Å². The highest BCUT2D eigenvalue weighted by Crippen LogP contribution is 2.24. The van der Waals surface area contributed by atoms with E-state index in [9.17, 15) is 4.79 Å². The molecule has 0 unspecified atom stereocenters. The molecule has 1 N–H and O–H groups in total. The molecule has 0 saturated carbocycles. The molecule has 0 radical (unpaired) electrons. The number of para-hydroxylation sites is 1. The Kier molecular flexibility index (Phi) is 5.72. The molecule has 1 saturated heterocycles.